The molecule has 0 unspecified atom stereocenters. The molecule has 0 spiro atoms. The van der Waals surface area contributed by atoms with Crippen molar-refractivity contribution in [3.05, 3.63) is 24.4 Å². The normalized spacial score (nSPS) is 27.8. The Bertz CT molecular complexity index is 502. The van der Waals surface area contributed by atoms with Crippen molar-refractivity contribution in [1.29, 1.82) is 0 Å². The van der Waals surface area contributed by atoms with Crippen LogP contribution in [-0.2, 0) is 10.8 Å². The van der Waals surface area contributed by atoms with Gasteiger partial charge in [0.05, 0.1) is 5.25 Å². The van der Waals surface area contributed by atoms with Gasteiger partial charge in [-0.1, -0.05) is 25.8 Å². The Morgan fingerprint density at radius 2 is 2.00 bits per heavy atom. The first kappa shape index (κ1) is 16.9. The minimum Gasteiger partial charge on any atom is -0.357 e. The molecule has 128 valence electrons. The van der Waals surface area contributed by atoms with E-state index in [0.717, 1.165) is 43.9 Å². The molecule has 1 saturated carbocycles. The quantitative estimate of drug-likeness (QED) is 0.899. The van der Waals surface area contributed by atoms with E-state index in [0.29, 0.717) is 17.3 Å². The zero-order valence-electron chi connectivity index (χ0n) is 14.1. The smallest absolute Gasteiger partial charge is 0.128 e. The summed E-state index contributed by atoms with van der Waals surface area (Å²) in [5, 5.41) is 4.22. The second-order valence-electron chi connectivity index (χ2n) is 6.71. The third kappa shape index (κ3) is 4.32. The SMILES string of the molecule is CC[S@@](=O)[C@@H]1CCCC[C@@H]1NC1CCN(c2ccccn2)CC1. The number of aromatic nitrogens is 1. The fourth-order valence-corrected chi connectivity index (χ4v) is 5.37. The molecular formula is C18H29N3OS. The van der Waals surface area contributed by atoms with Gasteiger partial charge < -0.3 is 10.2 Å². The molecule has 23 heavy (non-hydrogen) atoms. The molecule has 1 aromatic rings. The highest BCUT2D eigenvalue weighted by Gasteiger charge is 2.31. The van der Waals surface area contributed by atoms with Crippen LogP contribution in [0.1, 0.15) is 45.4 Å². The molecule has 1 saturated heterocycles. The maximum absolute atomic E-state index is 12.3. The van der Waals surface area contributed by atoms with E-state index in [9.17, 15) is 4.21 Å². The summed E-state index contributed by atoms with van der Waals surface area (Å²) in [6, 6.07) is 7.13. The topological polar surface area (TPSA) is 45.2 Å². The van der Waals surface area contributed by atoms with Gasteiger partial charge in [-0.25, -0.2) is 4.98 Å². The summed E-state index contributed by atoms with van der Waals surface area (Å²) >= 11 is 0. The van der Waals surface area contributed by atoms with E-state index >= 15 is 0 Å². The van der Waals surface area contributed by atoms with Crippen LogP contribution in [0.15, 0.2) is 24.4 Å². The minimum absolute atomic E-state index is 0.363. The molecule has 2 fully saturated rings. The maximum Gasteiger partial charge on any atom is 0.128 e. The molecule has 0 aromatic carbocycles. The summed E-state index contributed by atoms with van der Waals surface area (Å²) in [7, 11) is -0.667. The molecule has 1 aliphatic heterocycles. The lowest BCUT2D eigenvalue weighted by atomic mass is 9.93. The monoisotopic (exact) mass is 335 g/mol. The third-order valence-electron chi connectivity index (χ3n) is 5.24. The largest absolute Gasteiger partial charge is 0.357 e. The summed E-state index contributed by atoms with van der Waals surface area (Å²) in [6.45, 7) is 4.17. The predicted octanol–water partition coefficient (Wildman–Crippen LogP) is 2.72. The molecule has 3 atom stereocenters. The minimum atomic E-state index is -0.667. The van der Waals surface area contributed by atoms with Gasteiger partial charge in [-0.3, -0.25) is 4.21 Å². The zero-order valence-corrected chi connectivity index (χ0v) is 14.9. The van der Waals surface area contributed by atoms with Crippen molar-refractivity contribution in [2.75, 3.05) is 23.7 Å². The third-order valence-corrected chi connectivity index (χ3v) is 7.05. The van der Waals surface area contributed by atoms with Crippen LogP contribution in [0.5, 0.6) is 0 Å². The lowest BCUT2D eigenvalue weighted by Crippen LogP contribution is -2.52. The molecule has 0 radical (unpaired) electrons. The first-order valence-corrected chi connectivity index (χ1v) is 10.5. The second-order valence-corrected chi connectivity index (χ2v) is 8.66. The molecular weight excluding hydrogens is 306 g/mol. The number of pyridine rings is 1. The molecule has 1 aromatic heterocycles. The van der Waals surface area contributed by atoms with Crippen LogP contribution in [-0.4, -0.2) is 45.4 Å². The molecule has 1 N–H and O–H groups in total. The van der Waals surface area contributed by atoms with Gasteiger partial charge in [0.2, 0.25) is 0 Å². The van der Waals surface area contributed by atoms with Gasteiger partial charge in [-0.15, -0.1) is 0 Å². The molecule has 0 amide bonds. The summed E-state index contributed by atoms with van der Waals surface area (Å²) < 4.78 is 12.3. The van der Waals surface area contributed by atoms with Crippen LogP contribution >= 0.6 is 0 Å². The first-order chi connectivity index (χ1) is 11.3. The van der Waals surface area contributed by atoms with Crippen LogP contribution in [0, 0.1) is 0 Å². The summed E-state index contributed by atoms with van der Waals surface area (Å²) in [6.07, 6.45) is 9.01. The van der Waals surface area contributed by atoms with Crippen molar-refractivity contribution in [3.8, 4) is 0 Å². The Hall–Kier alpha value is -0.940. The molecule has 0 bridgehead atoms. The number of hydrogen-bond acceptors (Lipinski definition) is 4. The van der Waals surface area contributed by atoms with Gasteiger partial charge in [-0.05, 0) is 37.8 Å². The fraction of sp³-hybridized carbons (Fsp3) is 0.722. The summed E-state index contributed by atoms with van der Waals surface area (Å²) in [5.41, 5.74) is 0. The van der Waals surface area contributed by atoms with E-state index in [4.69, 9.17) is 0 Å². The first-order valence-electron chi connectivity index (χ1n) is 9.07. The second kappa shape index (κ2) is 8.25. The highest BCUT2D eigenvalue weighted by molar-refractivity contribution is 7.85. The molecule has 4 nitrogen and oxygen atoms in total. The van der Waals surface area contributed by atoms with E-state index in [1.54, 1.807) is 0 Å². The van der Waals surface area contributed by atoms with Gasteiger partial charge in [0.1, 0.15) is 5.82 Å². The van der Waals surface area contributed by atoms with Crippen molar-refractivity contribution in [2.45, 2.75) is 62.8 Å². The van der Waals surface area contributed by atoms with E-state index in [2.05, 4.69) is 27.3 Å². The molecule has 1 aliphatic carbocycles. The van der Waals surface area contributed by atoms with E-state index in [-0.39, 0.29) is 0 Å². The molecule has 2 heterocycles. The Kier molecular flexibility index (Phi) is 6.06. The Morgan fingerprint density at radius 1 is 1.22 bits per heavy atom. The average Bonchev–Trinajstić information content (AvgIpc) is 2.63. The van der Waals surface area contributed by atoms with Crippen LogP contribution in [0.2, 0.25) is 0 Å². The van der Waals surface area contributed by atoms with E-state index in [1.165, 1.54) is 19.3 Å². The van der Waals surface area contributed by atoms with Gasteiger partial charge in [0, 0.05) is 47.9 Å². The van der Waals surface area contributed by atoms with Crippen molar-refractivity contribution in [1.82, 2.24) is 10.3 Å². The lowest BCUT2D eigenvalue weighted by molar-refractivity contribution is 0.311. The molecule has 2 aliphatic rings. The van der Waals surface area contributed by atoms with Gasteiger partial charge in [0.25, 0.3) is 0 Å². The van der Waals surface area contributed by atoms with Crippen LogP contribution < -0.4 is 10.2 Å². The van der Waals surface area contributed by atoms with E-state index < -0.39 is 10.8 Å². The predicted molar refractivity (Wildman–Crippen MR) is 97.3 cm³/mol. The fourth-order valence-electron chi connectivity index (χ4n) is 3.94. The lowest BCUT2D eigenvalue weighted by Gasteiger charge is -2.38. The summed E-state index contributed by atoms with van der Waals surface area (Å²) in [5.74, 6) is 1.88. The van der Waals surface area contributed by atoms with Crippen LogP contribution in [0.4, 0.5) is 5.82 Å². The number of nitrogens with one attached hydrogen (secondary N) is 1. The highest BCUT2D eigenvalue weighted by Crippen LogP contribution is 2.25. The number of anilines is 1. The number of nitrogens with zero attached hydrogens (tertiary/aromatic N) is 2. The van der Waals surface area contributed by atoms with Crippen molar-refractivity contribution < 1.29 is 4.21 Å². The Balaban J connectivity index is 1.52. The van der Waals surface area contributed by atoms with Crippen molar-refractivity contribution in [3.63, 3.8) is 0 Å². The van der Waals surface area contributed by atoms with Gasteiger partial charge >= 0.3 is 0 Å². The van der Waals surface area contributed by atoms with Gasteiger partial charge in [0.15, 0.2) is 0 Å². The Morgan fingerprint density at radius 3 is 2.70 bits per heavy atom. The molecule has 5 heteroatoms. The molecule has 3 rings (SSSR count). The number of piperidine rings is 1. The highest BCUT2D eigenvalue weighted by atomic mass is 32.2. The van der Waals surface area contributed by atoms with Crippen molar-refractivity contribution >= 4 is 16.6 Å². The average molecular weight is 336 g/mol. The Labute approximate surface area is 142 Å². The summed E-state index contributed by atoms with van der Waals surface area (Å²) in [4.78, 5) is 6.83. The van der Waals surface area contributed by atoms with Crippen LogP contribution in [0.25, 0.3) is 0 Å². The maximum atomic E-state index is 12.3. The number of rotatable bonds is 5. The standard InChI is InChI=1S/C18H29N3OS/c1-2-23(22)17-8-4-3-7-16(17)20-15-10-13-21(14-11-15)18-9-5-6-12-19-18/h5-6,9,12,15-17,20H,2-4,7-8,10-11,13-14H2,1H3/t16-,17+,23+/m0/s1. The van der Waals surface area contributed by atoms with Crippen molar-refractivity contribution in [2.24, 2.45) is 0 Å². The zero-order chi connectivity index (χ0) is 16.1. The van der Waals surface area contributed by atoms with Crippen LogP contribution in [0.3, 0.4) is 0 Å². The van der Waals surface area contributed by atoms with Gasteiger partial charge in [-0.2, -0.15) is 0 Å². The van der Waals surface area contributed by atoms with E-state index in [1.807, 2.05) is 19.2 Å². The number of hydrogen-bond donors (Lipinski definition) is 1.